The maximum absolute atomic E-state index is 12.5. The molecular weight excluding hydrogens is 256 g/mol. The minimum absolute atomic E-state index is 0.169. The van der Waals surface area contributed by atoms with Crippen molar-refractivity contribution in [2.24, 2.45) is 0 Å². The topological polar surface area (TPSA) is 51.2 Å². The van der Waals surface area contributed by atoms with E-state index < -0.39 is 8.07 Å². The molecule has 3 nitrogen and oxygen atoms in total. The molecule has 0 fully saturated rings. The van der Waals surface area contributed by atoms with E-state index in [1.807, 2.05) is 6.07 Å². The highest BCUT2D eigenvalue weighted by atomic mass is 28.3. The fourth-order valence-corrected chi connectivity index (χ4v) is 6.62. The maximum atomic E-state index is 12.5. The second-order valence-corrected chi connectivity index (χ2v) is 8.20. The molecule has 0 saturated carbocycles. The second-order valence-electron chi connectivity index (χ2n) is 4.45. The first-order chi connectivity index (χ1) is 9.05. The molecule has 1 rings (SSSR count). The van der Waals surface area contributed by atoms with Gasteiger partial charge in [-0.25, -0.2) is 0 Å². The first kappa shape index (κ1) is 15.5. The molecule has 0 spiro atoms. The number of hydrogen-bond acceptors (Lipinski definition) is 3. The van der Waals surface area contributed by atoms with Crippen LogP contribution in [0.2, 0.25) is 0 Å². The second kappa shape index (κ2) is 6.57. The molecule has 0 atom stereocenters. The van der Waals surface area contributed by atoms with E-state index in [4.69, 9.17) is 0 Å². The van der Waals surface area contributed by atoms with Crippen LogP contribution in [-0.2, 0) is 14.4 Å². The lowest BCUT2D eigenvalue weighted by atomic mass is 10.4. The highest BCUT2D eigenvalue weighted by Crippen LogP contribution is 2.15. The van der Waals surface area contributed by atoms with Gasteiger partial charge in [0, 0.05) is 19.3 Å². The monoisotopic (exact) mass is 276 g/mol. The molecule has 19 heavy (non-hydrogen) atoms. The number of carbonyl (C=O) groups excluding carboxylic acids is 3. The lowest BCUT2D eigenvalue weighted by molar-refractivity contribution is -0.119. The van der Waals surface area contributed by atoms with Crippen molar-refractivity contribution in [1.29, 1.82) is 0 Å². The van der Waals surface area contributed by atoms with Crippen LogP contribution in [0.15, 0.2) is 30.3 Å². The molecule has 102 valence electrons. The molecule has 0 radical (unpaired) electrons. The Morgan fingerprint density at radius 2 is 1.16 bits per heavy atom. The average Bonchev–Trinajstić information content (AvgIpc) is 2.47. The van der Waals surface area contributed by atoms with Gasteiger partial charge in [-0.05, 0) is 5.19 Å². The van der Waals surface area contributed by atoms with E-state index in [0.717, 1.165) is 0 Å². The average molecular weight is 276 g/mol. The minimum Gasteiger partial charge on any atom is -0.304 e. The molecule has 1 aromatic carbocycles. The third-order valence-electron chi connectivity index (χ3n) is 3.42. The summed E-state index contributed by atoms with van der Waals surface area (Å²) < 4.78 is 0. The summed E-state index contributed by atoms with van der Waals surface area (Å²) in [4.78, 5) is 37.4. The molecule has 0 unspecified atom stereocenters. The van der Waals surface area contributed by atoms with E-state index in [-0.39, 0.29) is 35.5 Å². The predicted octanol–water partition coefficient (Wildman–Crippen LogP) is 1.90. The van der Waals surface area contributed by atoms with Gasteiger partial charge in [-0.1, -0.05) is 51.1 Å². The Morgan fingerprint density at radius 1 is 0.789 bits per heavy atom. The van der Waals surface area contributed by atoms with Crippen LogP contribution in [0, 0.1) is 0 Å². The van der Waals surface area contributed by atoms with Crippen molar-refractivity contribution in [2.75, 3.05) is 0 Å². The molecule has 0 saturated heterocycles. The lowest BCUT2D eigenvalue weighted by Crippen LogP contribution is -2.67. The molecule has 4 heteroatoms. The Morgan fingerprint density at radius 3 is 1.47 bits per heavy atom. The van der Waals surface area contributed by atoms with E-state index in [1.165, 1.54) is 0 Å². The largest absolute Gasteiger partial charge is 0.307 e. The zero-order valence-electron chi connectivity index (χ0n) is 11.7. The van der Waals surface area contributed by atoms with Gasteiger partial charge in [0.05, 0.1) is 0 Å². The summed E-state index contributed by atoms with van der Waals surface area (Å²) >= 11 is 0. The van der Waals surface area contributed by atoms with E-state index in [2.05, 4.69) is 0 Å². The van der Waals surface area contributed by atoms with E-state index in [9.17, 15) is 14.4 Å². The summed E-state index contributed by atoms with van der Waals surface area (Å²) in [6.45, 7) is 5.16. The zero-order valence-corrected chi connectivity index (χ0v) is 12.7. The minimum atomic E-state index is -3.40. The molecule has 0 heterocycles. The first-order valence-electron chi connectivity index (χ1n) is 6.71. The standard InChI is InChI=1S/C15H20O3Si/c1-4-13(16)19(14(17)5-2,15(18)6-3)12-10-8-7-9-11-12/h7-11H,4-6H2,1-3H3. The SMILES string of the molecule is CCC(=O)[Si](C(=O)CC)(C(=O)CC)c1ccccc1. The molecule has 0 bridgehead atoms. The van der Waals surface area contributed by atoms with Crippen LogP contribution in [0.4, 0.5) is 0 Å². The molecule has 1 aromatic rings. The Kier molecular flexibility index (Phi) is 5.36. The van der Waals surface area contributed by atoms with Crippen LogP contribution in [0.5, 0.6) is 0 Å². The smallest absolute Gasteiger partial charge is 0.304 e. The number of carbonyl (C=O) groups is 3. The van der Waals surface area contributed by atoms with Gasteiger partial charge in [0.2, 0.25) is 0 Å². The Balaban J connectivity index is 3.57. The maximum Gasteiger partial charge on any atom is 0.307 e. The molecule has 0 aliphatic carbocycles. The van der Waals surface area contributed by atoms with Crippen LogP contribution in [0.3, 0.4) is 0 Å². The van der Waals surface area contributed by atoms with Gasteiger partial charge in [0.25, 0.3) is 0 Å². The highest BCUT2D eigenvalue weighted by Gasteiger charge is 2.53. The quantitative estimate of drug-likeness (QED) is 0.715. The summed E-state index contributed by atoms with van der Waals surface area (Å²) in [7, 11) is -3.40. The van der Waals surface area contributed by atoms with E-state index in [0.29, 0.717) is 5.19 Å². The fourth-order valence-electron chi connectivity index (χ4n) is 2.43. The van der Waals surface area contributed by atoms with Gasteiger partial charge in [-0.2, -0.15) is 0 Å². The van der Waals surface area contributed by atoms with Crippen molar-refractivity contribution in [3.05, 3.63) is 30.3 Å². The molecule has 0 aromatic heterocycles. The molecule has 0 aliphatic rings. The van der Waals surface area contributed by atoms with Crippen LogP contribution >= 0.6 is 0 Å². The Labute approximate surface area is 115 Å². The van der Waals surface area contributed by atoms with Gasteiger partial charge in [0.15, 0.2) is 0 Å². The zero-order chi connectivity index (χ0) is 14.5. The summed E-state index contributed by atoms with van der Waals surface area (Å²) in [5.41, 5.74) is 0. The van der Waals surface area contributed by atoms with E-state index in [1.54, 1.807) is 45.0 Å². The molecule has 0 amide bonds. The number of benzene rings is 1. The molecule has 0 aliphatic heterocycles. The molecule has 0 N–H and O–H groups in total. The van der Waals surface area contributed by atoms with Gasteiger partial charge >= 0.3 is 8.07 Å². The van der Waals surface area contributed by atoms with Crippen molar-refractivity contribution in [1.82, 2.24) is 0 Å². The predicted molar refractivity (Wildman–Crippen MR) is 77.7 cm³/mol. The fraction of sp³-hybridized carbons (Fsp3) is 0.400. The van der Waals surface area contributed by atoms with Crippen LogP contribution in [0.1, 0.15) is 40.0 Å². The lowest BCUT2D eigenvalue weighted by Gasteiger charge is -2.26. The van der Waals surface area contributed by atoms with Crippen molar-refractivity contribution in [3.63, 3.8) is 0 Å². The van der Waals surface area contributed by atoms with Crippen LogP contribution in [0.25, 0.3) is 0 Å². The number of hydrogen-bond donors (Lipinski definition) is 0. The third kappa shape index (κ3) is 2.58. The van der Waals surface area contributed by atoms with Crippen molar-refractivity contribution < 1.29 is 14.4 Å². The summed E-state index contributed by atoms with van der Waals surface area (Å²) in [5, 5.41) is 0.132. The summed E-state index contributed by atoms with van der Waals surface area (Å²) in [5.74, 6) is 0. The number of rotatable bonds is 7. The Hall–Kier alpha value is -1.55. The first-order valence-corrected chi connectivity index (χ1v) is 8.71. The highest BCUT2D eigenvalue weighted by molar-refractivity contribution is 7.46. The van der Waals surface area contributed by atoms with Crippen molar-refractivity contribution in [2.45, 2.75) is 40.0 Å². The van der Waals surface area contributed by atoms with Crippen molar-refractivity contribution >= 4 is 29.5 Å². The van der Waals surface area contributed by atoms with Crippen LogP contribution < -0.4 is 5.19 Å². The Bertz CT molecular complexity index is 439. The summed E-state index contributed by atoms with van der Waals surface area (Å²) in [6, 6.07) is 8.89. The van der Waals surface area contributed by atoms with E-state index >= 15 is 0 Å². The molecular formula is C15H20O3Si. The van der Waals surface area contributed by atoms with Crippen molar-refractivity contribution in [3.8, 4) is 0 Å². The third-order valence-corrected chi connectivity index (χ3v) is 8.19. The van der Waals surface area contributed by atoms with Crippen LogP contribution in [-0.4, -0.2) is 24.3 Å². The van der Waals surface area contributed by atoms with Gasteiger partial charge in [-0.3, -0.25) is 0 Å². The summed E-state index contributed by atoms with van der Waals surface area (Å²) in [6.07, 6.45) is 0.704. The van der Waals surface area contributed by atoms with Gasteiger partial charge in [0.1, 0.15) is 16.2 Å². The van der Waals surface area contributed by atoms with Gasteiger partial charge in [-0.15, -0.1) is 0 Å². The normalized spacial score (nSPS) is 11.1. The van der Waals surface area contributed by atoms with Gasteiger partial charge < -0.3 is 14.4 Å².